The highest BCUT2D eigenvalue weighted by atomic mass is 32.2. The Kier molecular flexibility index (Phi) is 7.11. The summed E-state index contributed by atoms with van der Waals surface area (Å²) >= 11 is 4.14. The molecule has 0 aliphatic carbocycles. The maximum atomic E-state index is 12.4. The number of carbonyl (C=O) groups excluding carboxylic acids is 2. The van der Waals surface area contributed by atoms with Crippen molar-refractivity contribution in [1.82, 2.24) is 25.6 Å². The third-order valence-electron chi connectivity index (χ3n) is 3.63. The number of aromatic amines is 1. The number of aliphatic carboxylic acids is 1. The lowest BCUT2D eigenvalue weighted by atomic mass is 10.1. The van der Waals surface area contributed by atoms with Gasteiger partial charge in [0.25, 0.3) is 11.7 Å². The van der Waals surface area contributed by atoms with Crippen molar-refractivity contribution in [3.05, 3.63) is 16.8 Å². The predicted molar refractivity (Wildman–Crippen MR) is 103 cm³/mol. The van der Waals surface area contributed by atoms with Crippen LogP contribution in [0.2, 0.25) is 0 Å². The number of nitrogens with one attached hydrogen (secondary N) is 2. The maximum absolute atomic E-state index is 12.4. The quantitative estimate of drug-likeness (QED) is 0.276. The Morgan fingerprint density at radius 3 is 2.89 bits per heavy atom. The number of aromatic nitrogens is 3. The van der Waals surface area contributed by atoms with Gasteiger partial charge in [-0.1, -0.05) is 28.7 Å². The highest BCUT2D eigenvalue weighted by molar-refractivity contribution is 8.18. The summed E-state index contributed by atoms with van der Waals surface area (Å²) in [6.07, 6.45) is 1.61. The summed E-state index contributed by atoms with van der Waals surface area (Å²) < 4.78 is 24.3. The third kappa shape index (κ3) is 4.75. The zero-order valence-corrected chi connectivity index (χ0v) is 17.1. The number of hydrogen-bond donors (Lipinski definition) is 3. The van der Waals surface area contributed by atoms with Crippen molar-refractivity contribution in [1.29, 1.82) is 0 Å². The van der Waals surface area contributed by atoms with E-state index in [1.807, 2.05) is 0 Å². The molecule has 0 saturated carbocycles. The Labute approximate surface area is 174 Å². The van der Waals surface area contributed by atoms with E-state index < -0.39 is 40.7 Å². The number of nitrogens with zero attached hydrogens (tertiary/aromatic N) is 3. The molecule has 2 aliphatic rings. The van der Waals surface area contributed by atoms with E-state index in [0.717, 1.165) is 4.90 Å². The van der Waals surface area contributed by atoms with Crippen molar-refractivity contribution >= 4 is 64.8 Å². The van der Waals surface area contributed by atoms with Crippen LogP contribution in [0, 0.1) is 0 Å². The van der Waals surface area contributed by atoms with E-state index in [0.29, 0.717) is 20.8 Å². The molecule has 3 heterocycles. The first-order valence-electron chi connectivity index (χ1n) is 7.60. The van der Waals surface area contributed by atoms with Crippen molar-refractivity contribution in [2.24, 2.45) is 0 Å². The van der Waals surface area contributed by atoms with Crippen LogP contribution in [0.15, 0.2) is 21.8 Å². The number of carbonyl (C=O) groups is 3. The van der Waals surface area contributed by atoms with Gasteiger partial charge < -0.3 is 10.4 Å². The predicted octanol–water partition coefficient (Wildman–Crippen LogP) is 1.24. The van der Waals surface area contributed by atoms with Gasteiger partial charge in [0.2, 0.25) is 5.91 Å². The fourth-order valence-electron chi connectivity index (χ4n) is 2.48. The number of carboxylic acids is 1. The van der Waals surface area contributed by atoms with E-state index in [2.05, 4.69) is 20.7 Å². The number of H-pyrrole nitrogens is 1. The molecule has 0 unspecified atom stereocenters. The molecule has 3 rings (SSSR count). The van der Waals surface area contributed by atoms with E-state index >= 15 is 0 Å². The minimum absolute atomic E-state index is 0.105. The smallest absolute Gasteiger partial charge is 0.353 e. The van der Waals surface area contributed by atoms with Crippen molar-refractivity contribution < 1.29 is 28.3 Å². The summed E-state index contributed by atoms with van der Waals surface area (Å²) in [6, 6.07) is -0.916. The molecule has 1 aromatic heterocycles. The summed E-state index contributed by atoms with van der Waals surface area (Å²) in [5.41, 5.74) is -0.105. The number of amides is 2. The summed E-state index contributed by atoms with van der Waals surface area (Å²) in [7, 11) is 0. The maximum Gasteiger partial charge on any atom is 0.353 e. The Morgan fingerprint density at radius 1 is 1.46 bits per heavy atom. The van der Waals surface area contributed by atoms with Crippen LogP contribution in [-0.2, 0) is 14.4 Å². The number of hydrogen-bond acceptors (Lipinski definition) is 9. The van der Waals surface area contributed by atoms with Crippen molar-refractivity contribution in [3.63, 3.8) is 0 Å². The van der Waals surface area contributed by atoms with Gasteiger partial charge in [-0.25, -0.2) is 4.79 Å². The lowest BCUT2D eigenvalue weighted by molar-refractivity contribution is -0.150. The summed E-state index contributed by atoms with van der Waals surface area (Å²) in [4.78, 5) is 37.5. The second-order valence-corrected chi connectivity index (χ2v) is 9.84. The highest BCUT2D eigenvalue weighted by Crippen LogP contribution is 2.44. The monoisotopic (exact) mass is 469 g/mol. The molecule has 2 atom stereocenters. The van der Waals surface area contributed by atoms with Gasteiger partial charge in [0, 0.05) is 10.7 Å². The lowest BCUT2D eigenvalue weighted by Crippen LogP contribution is -2.70. The lowest BCUT2D eigenvalue weighted by Gasteiger charge is -2.49. The molecule has 0 aromatic carbocycles. The Hall–Kier alpha value is -1.45. The summed E-state index contributed by atoms with van der Waals surface area (Å²) in [6.45, 7) is 0. The fraction of sp³-hybridized carbons (Fsp3) is 0.462. The summed E-state index contributed by atoms with van der Waals surface area (Å²) in [5, 5.41) is 22.5. The van der Waals surface area contributed by atoms with Gasteiger partial charge in [0.1, 0.15) is 22.1 Å². The first-order valence-corrected chi connectivity index (χ1v) is 11.7. The zero-order chi connectivity index (χ0) is 20.3. The van der Waals surface area contributed by atoms with E-state index in [1.54, 1.807) is 6.20 Å². The Bertz CT molecular complexity index is 794. The van der Waals surface area contributed by atoms with E-state index in [-0.39, 0.29) is 17.5 Å². The Balaban J connectivity index is 1.62. The van der Waals surface area contributed by atoms with Crippen LogP contribution in [0.1, 0.15) is 0 Å². The number of β-lactam (4-membered cyclic amide) rings is 1. The molecular weight excluding hydrogens is 456 g/mol. The molecule has 2 aliphatic heterocycles. The van der Waals surface area contributed by atoms with Crippen LogP contribution in [0.3, 0.4) is 0 Å². The first-order chi connectivity index (χ1) is 13.4. The molecule has 2 amide bonds. The summed E-state index contributed by atoms with van der Waals surface area (Å²) in [5.74, 6) is -5.27. The molecular formula is C13H13F2N5O4S4. The molecule has 9 nitrogen and oxygen atoms in total. The van der Waals surface area contributed by atoms with Crippen molar-refractivity contribution in [2.45, 2.75) is 22.2 Å². The topological polar surface area (TPSA) is 128 Å². The molecule has 0 radical (unpaired) electrons. The molecule has 152 valence electrons. The number of fused-ring (bicyclic) bond motifs is 1. The van der Waals surface area contributed by atoms with E-state index in [4.69, 9.17) is 0 Å². The minimum Gasteiger partial charge on any atom is -0.477 e. The van der Waals surface area contributed by atoms with Crippen LogP contribution in [0.5, 0.6) is 0 Å². The highest BCUT2D eigenvalue weighted by Gasteiger charge is 2.54. The normalized spacial score (nSPS) is 21.5. The van der Waals surface area contributed by atoms with Crippen LogP contribution in [-0.4, -0.2) is 77.0 Å². The largest absolute Gasteiger partial charge is 0.477 e. The first kappa shape index (κ1) is 21.3. The van der Waals surface area contributed by atoms with Gasteiger partial charge >= 0.3 is 5.97 Å². The van der Waals surface area contributed by atoms with Crippen LogP contribution < -0.4 is 5.32 Å². The molecule has 0 spiro atoms. The van der Waals surface area contributed by atoms with Gasteiger partial charge in [-0.05, 0) is 0 Å². The SMILES string of the molecule is O=C(CSC(F)F)N[C@@H]1C(=O)N2C(C(=O)O)=C(SCSc3c[nH]nn3)CS[C@H]12. The van der Waals surface area contributed by atoms with Crippen molar-refractivity contribution in [2.75, 3.05) is 16.6 Å². The average Bonchev–Trinajstić information content (AvgIpc) is 3.17. The number of rotatable bonds is 9. The van der Waals surface area contributed by atoms with E-state index in [1.165, 1.54) is 35.3 Å². The number of carboxylic acid groups (broad SMARTS) is 1. The number of alkyl halides is 2. The molecule has 1 saturated heterocycles. The van der Waals surface area contributed by atoms with Crippen LogP contribution >= 0.6 is 47.0 Å². The van der Waals surface area contributed by atoms with Crippen molar-refractivity contribution in [3.8, 4) is 0 Å². The number of thioether (sulfide) groups is 4. The average molecular weight is 470 g/mol. The van der Waals surface area contributed by atoms with Gasteiger partial charge in [-0.15, -0.1) is 28.6 Å². The molecule has 1 aromatic rings. The van der Waals surface area contributed by atoms with Gasteiger partial charge in [-0.3, -0.25) is 19.6 Å². The standard InChI is InChI=1S/C13H13F2N5O4S4/c14-13(15)26-3-6(21)17-8-10(22)20-9(12(23)24)5(2-25-11(8)20)27-4-28-7-1-16-19-18-7/h1,8,11,13H,2-4H2,(H,17,21)(H,23,24)(H,16,18,19)/t8-,11-/m1/s1. The molecule has 15 heteroatoms. The second kappa shape index (κ2) is 9.37. The molecule has 0 bridgehead atoms. The van der Waals surface area contributed by atoms with Crippen LogP contribution in [0.4, 0.5) is 8.78 Å². The Morgan fingerprint density at radius 2 is 2.25 bits per heavy atom. The van der Waals surface area contributed by atoms with Gasteiger partial charge in [0.15, 0.2) is 0 Å². The van der Waals surface area contributed by atoms with Gasteiger partial charge in [0.05, 0.1) is 17.0 Å². The van der Waals surface area contributed by atoms with Crippen LogP contribution in [0.25, 0.3) is 0 Å². The minimum atomic E-state index is -2.68. The molecule has 28 heavy (non-hydrogen) atoms. The second-order valence-electron chi connectivity index (χ2n) is 5.32. The number of halogens is 2. The molecule has 3 N–H and O–H groups in total. The fourth-order valence-corrected chi connectivity index (χ4v) is 6.41. The van der Waals surface area contributed by atoms with Gasteiger partial charge in [-0.2, -0.15) is 8.78 Å². The van der Waals surface area contributed by atoms with E-state index in [9.17, 15) is 28.3 Å². The zero-order valence-electron chi connectivity index (χ0n) is 13.8. The third-order valence-corrected chi connectivity index (χ3v) is 7.89. The molecule has 1 fully saturated rings.